The van der Waals surface area contributed by atoms with Crippen molar-refractivity contribution in [3.05, 3.63) is 83.1 Å². The zero-order chi connectivity index (χ0) is 16.1. The number of benzene rings is 2. The minimum atomic E-state index is -0.0671. The molecule has 0 amide bonds. The Morgan fingerprint density at radius 3 is 1.96 bits per heavy atom. The fraction of sp³-hybridized carbons (Fsp3) is 0. The molecule has 0 unspecified atom stereocenters. The van der Waals surface area contributed by atoms with Crippen LogP contribution >= 0.6 is 0 Å². The van der Waals surface area contributed by atoms with Gasteiger partial charge in [-0.3, -0.25) is 5.43 Å². The van der Waals surface area contributed by atoms with Gasteiger partial charge in [-0.2, -0.15) is 15.6 Å². The van der Waals surface area contributed by atoms with Crippen molar-refractivity contribution >= 4 is 11.5 Å². The molecule has 0 fully saturated rings. The smallest absolute Gasteiger partial charge is 0.157 e. The molecule has 0 bridgehead atoms. The van der Waals surface area contributed by atoms with E-state index in [9.17, 15) is 10.5 Å². The highest BCUT2D eigenvalue weighted by Crippen LogP contribution is 2.19. The highest BCUT2D eigenvalue weighted by Gasteiger charge is 2.20. The van der Waals surface area contributed by atoms with Crippen LogP contribution in [0.1, 0.15) is 11.1 Å². The molecule has 3 rings (SSSR count). The molecule has 0 atom stereocenters. The van der Waals surface area contributed by atoms with Crippen molar-refractivity contribution in [1.29, 1.82) is 10.5 Å². The Bertz CT molecular complexity index is 878. The van der Waals surface area contributed by atoms with E-state index in [0.717, 1.165) is 11.1 Å². The minimum absolute atomic E-state index is 0.0671. The number of rotatable bonds is 2. The summed E-state index contributed by atoms with van der Waals surface area (Å²) in [6, 6.07) is 22.6. The van der Waals surface area contributed by atoms with Crippen molar-refractivity contribution in [1.82, 2.24) is 5.43 Å². The van der Waals surface area contributed by atoms with E-state index in [1.807, 2.05) is 72.8 Å². The second kappa shape index (κ2) is 6.38. The van der Waals surface area contributed by atoms with Gasteiger partial charge in [-0.1, -0.05) is 60.7 Å². The molecular weight excluding hydrogens is 286 g/mol. The molecule has 2 aromatic rings. The number of amidine groups is 1. The number of aliphatic imine (C=N–C) groups is 1. The van der Waals surface area contributed by atoms with Gasteiger partial charge in [0, 0.05) is 11.1 Å². The number of nitriles is 2. The summed E-state index contributed by atoms with van der Waals surface area (Å²) in [6.07, 6.45) is 0. The van der Waals surface area contributed by atoms with Crippen LogP contribution in [0, 0.1) is 22.7 Å². The maximum Gasteiger partial charge on any atom is 0.157 e. The first-order chi connectivity index (χ1) is 11.3. The van der Waals surface area contributed by atoms with Crippen LogP contribution in [0.2, 0.25) is 0 Å². The first kappa shape index (κ1) is 14.2. The zero-order valence-corrected chi connectivity index (χ0v) is 12.1. The van der Waals surface area contributed by atoms with Crippen molar-refractivity contribution in [3.8, 4) is 12.1 Å². The van der Waals surface area contributed by atoms with Crippen LogP contribution in [-0.4, -0.2) is 11.5 Å². The lowest BCUT2D eigenvalue weighted by Gasteiger charge is -2.16. The Labute approximate surface area is 133 Å². The molecule has 0 aromatic heterocycles. The van der Waals surface area contributed by atoms with Gasteiger partial charge in [0.2, 0.25) is 0 Å². The Hall–Kier alpha value is -3.70. The minimum Gasteiger partial charge on any atom is -0.260 e. The molecule has 0 saturated heterocycles. The van der Waals surface area contributed by atoms with Crippen molar-refractivity contribution in [2.75, 3.05) is 0 Å². The lowest BCUT2D eigenvalue weighted by atomic mass is 10.0. The molecule has 2 aromatic carbocycles. The van der Waals surface area contributed by atoms with Gasteiger partial charge in [0.15, 0.2) is 11.4 Å². The van der Waals surface area contributed by atoms with E-state index < -0.39 is 0 Å². The molecule has 1 aliphatic heterocycles. The predicted octanol–water partition coefficient (Wildman–Crippen LogP) is 2.74. The lowest BCUT2D eigenvalue weighted by molar-refractivity contribution is 0.992. The van der Waals surface area contributed by atoms with E-state index in [1.54, 1.807) is 0 Å². The number of hydrazone groups is 1. The zero-order valence-electron chi connectivity index (χ0n) is 12.1. The standard InChI is InChI=1S/C18H11N5/c19-11-15(12-20)16-17(13-7-3-1-4-8-13)22-23-18(21-16)14-9-5-2-6-10-14/h1-10H,(H,21,23). The summed E-state index contributed by atoms with van der Waals surface area (Å²) < 4.78 is 0. The third-order valence-electron chi connectivity index (χ3n) is 3.28. The molecular formula is C18H11N5. The Morgan fingerprint density at radius 2 is 1.39 bits per heavy atom. The summed E-state index contributed by atoms with van der Waals surface area (Å²) in [5, 5.41) is 22.8. The summed E-state index contributed by atoms with van der Waals surface area (Å²) >= 11 is 0. The topological polar surface area (TPSA) is 84.3 Å². The molecule has 0 aliphatic carbocycles. The SMILES string of the molecule is N#CC(C#N)=C1N=C(c2ccccc2)NN=C1c1ccccc1. The molecule has 0 spiro atoms. The van der Waals surface area contributed by atoms with Crippen LogP contribution in [0.4, 0.5) is 0 Å². The molecule has 1 aliphatic rings. The predicted molar refractivity (Wildman–Crippen MR) is 87.3 cm³/mol. The molecule has 0 radical (unpaired) electrons. The number of allylic oxidation sites excluding steroid dienone is 2. The normalized spacial score (nSPS) is 13.0. The van der Waals surface area contributed by atoms with Crippen molar-refractivity contribution in [2.45, 2.75) is 0 Å². The Balaban J connectivity index is 2.13. The summed E-state index contributed by atoms with van der Waals surface area (Å²) in [6.45, 7) is 0. The van der Waals surface area contributed by atoms with Gasteiger partial charge in [-0.15, -0.1) is 0 Å². The maximum absolute atomic E-state index is 9.22. The monoisotopic (exact) mass is 297 g/mol. The summed E-state index contributed by atoms with van der Waals surface area (Å²) in [4.78, 5) is 4.46. The van der Waals surface area contributed by atoms with Gasteiger partial charge in [0.25, 0.3) is 0 Å². The van der Waals surface area contributed by atoms with Crippen LogP contribution < -0.4 is 5.43 Å². The van der Waals surface area contributed by atoms with Crippen molar-refractivity contribution in [2.24, 2.45) is 10.1 Å². The molecule has 0 saturated carbocycles. The van der Waals surface area contributed by atoms with Crippen LogP contribution in [-0.2, 0) is 0 Å². The second-order valence-corrected chi connectivity index (χ2v) is 4.71. The third kappa shape index (κ3) is 2.85. The van der Waals surface area contributed by atoms with E-state index in [0.29, 0.717) is 11.5 Å². The van der Waals surface area contributed by atoms with Gasteiger partial charge in [0.05, 0.1) is 0 Å². The van der Waals surface area contributed by atoms with Crippen molar-refractivity contribution in [3.63, 3.8) is 0 Å². The van der Waals surface area contributed by atoms with Gasteiger partial charge in [-0.05, 0) is 0 Å². The quantitative estimate of drug-likeness (QED) is 0.865. The third-order valence-corrected chi connectivity index (χ3v) is 3.28. The first-order valence-electron chi connectivity index (χ1n) is 6.91. The number of hydrogen-bond acceptors (Lipinski definition) is 5. The van der Waals surface area contributed by atoms with Crippen LogP contribution in [0.15, 0.2) is 82.0 Å². The van der Waals surface area contributed by atoms with E-state index in [4.69, 9.17) is 0 Å². The van der Waals surface area contributed by atoms with Gasteiger partial charge in [0.1, 0.15) is 23.5 Å². The molecule has 5 heteroatoms. The second-order valence-electron chi connectivity index (χ2n) is 4.71. The number of nitrogens with zero attached hydrogens (tertiary/aromatic N) is 4. The highest BCUT2D eigenvalue weighted by atomic mass is 15.3. The number of nitrogens with one attached hydrogen (secondary N) is 1. The van der Waals surface area contributed by atoms with Gasteiger partial charge in [-0.25, -0.2) is 4.99 Å². The first-order valence-corrected chi connectivity index (χ1v) is 6.91. The molecule has 1 N–H and O–H groups in total. The van der Waals surface area contributed by atoms with E-state index >= 15 is 0 Å². The van der Waals surface area contributed by atoms with E-state index in [1.165, 1.54) is 0 Å². The molecule has 23 heavy (non-hydrogen) atoms. The van der Waals surface area contributed by atoms with E-state index in [2.05, 4.69) is 15.5 Å². The van der Waals surface area contributed by atoms with Crippen molar-refractivity contribution < 1.29 is 0 Å². The average Bonchev–Trinajstić information content (AvgIpc) is 2.64. The molecule has 5 nitrogen and oxygen atoms in total. The maximum atomic E-state index is 9.22. The fourth-order valence-electron chi connectivity index (χ4n) is 2.18. The summed E-state index contributed by atoms with van der Waals surface area (Å²) in [7, 11) is 0. The van der Waals surface area contributed by atoms with Gasteiger partial charge < -0.3 is 0 Å². The lowest BCUT2D eigenvalue weighted by Crippen LogP contribution is -2.27. The highest BCUT2D eigenvalue weighted by molar-refractivity contribution is 6.17. The number of hydrogen-bond donors (Lipinski definition) is 1. The summed E-state index contributed by atoms with van der Waals surface area (Å²) in [5.41, 5.74) is 5.20. The van der Waals surface area contributed by atoms with E-state index in [-0.39, 0.29) is 11.3 Å². The Morgan fingerprint density at radius 1 is 0.826 bits per heavy atom. The van der Waals surface area contributed by atoms with Gasteiger partial charge >= 0.3 is 0 Å². The molecule has 1 heterocycles. The Kier molecular flexibility index (Phi) is 3.95. The average molecular weight is 297 g/mol. The van der Waals surface area contributed by atoms with Crippen LogP contribution in [0.3, 0.4) is 0 Å². The van der Waals surface area contributed by atoms with Crippen LogP contribution in [0.25, 0.3) is 0 Å². The van der Waals surface area contributed by atoms with Crippen LogP contribution in [0.5, 0.6) is 0 Å². The summed E-state index contributed by atoms with van der Waals surface area (Å²) in [5.74, 6) is 0.503. The largest absolute Gasteiger partial charge is 0.260 e. The molecule has 108 valence electrons. The fourth-order valence-corrected chi connectivity index (χ4v) is 2.18.